The summed E-state index contributed by atoms with van der Waals surface area (Å²) in [7, 11) is 0. The molecule has 1 amide bonds. The second kappa shape index (κ2) is 5.21. The lowest BCUT2D eigenvalue weighted by atomic mass is 9.97. The molecule has 0 saturated carbocycles. The number of nitrogens with zero attached hydrogens (tertiary/aromatic N) is 1. The highest BCUT2D eigenvalue weighted by molar-refractivity contribution is 9.11. The lowest BCUT2D eigenvalue weighted by Crippen LogP contribution is -2.44. The highest BCUT2D eigenvalue weighted by Gasteiger charge is 2.42. The average Bonchev–Trinajstić information content (AvgIpc) is 2.74. The number of alkyl halides is 3. The van der Waals surface area contributed by atoms with Crippen molar-refractivity contribution in [2.45, 2.75) is 19.0 Å². The Morgan fingerprint density at radius 1 is 1.50 bits per heavy atom. The molecular weight excluding hydrogens is 331 g/mol. The van der Waals surface area contributed by atoms with Crippen LogP contribution in [0.25, 0.3) is 0 Å². The van der Waals surface area contributed by atoms with Crippen molar-refractivity contribution in [1.29, 1.82) is 0 Å². The molecule has 1 aromatic rings. The molecule has 0 radical (unpaired) electrons. The number of carbonyl (C=O) groups is 1. The van der Waals surface area contributed by atoms with Gasteiger partial charge in [-0.05, 0) is 34.8 Å². The van der Waals surface area contributed by atoms with Crippen LogP contribution in [0.2, 0.25) is 0 Å². The van der Waals surface area contributed by atoms with Gasteiger partial charge in [0.2, 0.25) is 0 Å². The van der Waals surface area contributed by atoms with Crippen molar-refractivity contribution in [3.05, 3.63) is 20.8 Å². The molecule has 1 unspecified atom stereocenters. The van der Waals surface area contributed by atoms with Crippen LogP contribution >= 0.6 is 27.3 Å². The minimum absolute atomic E-state index is 0.112. The zero-order valence-electron chi connectivity index (χ0n) is 9.34. The Balaban J connectivity index is 2.07. The second-order valence-corrected chi connectivity index (χ2v) is 6.56. The first-order chi connectivity index (χ1) is 8.38. The van der Waals surface area contributed by atoms with Crippen LogP contribution in [-0.4, -0.2) is 30.1 Å². The fourth-order valence-corrected chi connectivity index (χ4v) is 3.16. The van der Waals surface area contributed by atoms with Crippen molar-refractivity contribution >= 4 is 33.2 Å². The Morgan fingerprint density at radius 3 is 2.78 bits per heavy atom. The monoisotopic (exact) mass is 341 g/mol. The van der Waals surface area contributed by atoms with Crippen LogP contribution in [0.5, 0.6) is 0 Å². The van der Waals surface area contributed by atoms with Crippen molar-refractivity contribution in [2.75, 3.05) is 13.1 Å². The van der Waals surface area contributed by atoms with Crippen molar-refractivity contribution < 1.29 is 18.0 Å². The summed E-state index contributed by atoms with van der Waals surface area (Å²) in [5, 5.41) is 1.66. The number of piperidine rings is 1. The molecule has 0 aliphatic carbocycles. The summed E-state index contributed by atoms with van der Waals surface area (Å²) in [6.45, 7) is 0.175. The van der Waals surface area contributed by atoms with Crippen LogP contribution in [0.4, 0.5) is 13.2 Å². The molecule has 100 valence electrons. The third-order valence-electron chi connectivity index (χ3n) is 2.99. The lowest BCUT2D eigenvalue weighted by molar-refractivity contribution is -0.184. The van der Waals surface area contributed by atoms with Crippen molar-refractivity contribution in [3.8, 4) is 0 Å². The number of hydrogen-bond donors (Lipinski definition) is 0. The minimum atomic E-state index is -4.21. The molecule has 1 aliphatic heterocycles. The summed E-state index contributed by atoms with van der Waals surface area (Å²) in [6, 6.07) is 1.64. The van der Waals surface area contributed by atoms with E-state index >= 15 is 0 Å². The van der Waals surface area contributed by atoms with Crippen LogP contribution in [0.1, 0.15) is 23.2 Å². The molecule has 7 heteroatoms. The number of likely N-dealkylation sites (tertiary alicyclic amines) is 1. The van der Waals surface area contributed by atoms with E-state index in [1.54, 1.807) is 11.4 Å². The molecule has 2 nitrogen and oxygen atoms in total. The van der Waals surface area contributed by atoms with Crippen molar-refractivity contribution in [2.24, 2.45) is 5.92 Å². The van der Waals surface area contributed by atoms with Gasteiger partial charge in [-0.1, -0.05) is 0 Å². The zero-order chi connectivity index (χ0) is 13.3. The van der Waals surface area contributed by atoms with Crippen molar-refractivity contribution in [3.63, 3.8) is 0 Å². The Morgan fingerprint density at radius 2 is 2.22 bits per heavy atom. The van der Waals surface area contributed by atoms with Gasteiger partial charge < -0.3 is 4.90 Å². The van der Waals surface area contributed by atoms with E-state index in [-0.39, 0.29) is 18.9 Å². The van der Waals surface area contributed by atoms with E-state index in [0.29, 0.717) is 18.5 Å². The summed E-state index contributed by atoms with van der Waals surface area (Å²) >= 11 is 4.59. The van der Waals surface area contributed by atoms with E-state index in [0.717, 1.165) is 3.79 Å². The highest BCUT2D eigenvalue weighted by Crippen LogP contribution is 2.33. The third kappa shape index (κ3) is 3.06. The molecule has 1 aliphatic rings. The molecular formula is C11H11BrF3NOS. The summed E-state index contributed by atoms with van der Waals surface area (Å²) in [5.74, 6) is -1.71. The molecule has 0 N–H and O–H groups in total. The van der Waals surface area contributed by atoms with E-state index in [4.69, 9.17) is 0 Å². The SMILES string of the molecule is O=C(c1csc(Br)c1)N1CCCC(C(F)(F)F)C1. The first-order valence-electron chi connectivity index (χ1n) is 5.48. The number of halogens is 4. The molecule has 0 spiro atoms. The summed E-state index contributed by atoms with van der Waals surface area (Å²) in [5.41, 5.74) is 0.453. The number of hydrogen-bond acceptors (Lipinski definition) is 2. The summed E-state index contributed by atoms with van der Waals surface area (Å²) < 4.78 is 38.7. The van der Waals surface area contributed by atoms with E-state index in [1.807, 2.05) is 0 Å². The Kier molecular flexibility index (Phi) is 4.01. The number of amides is 1. The summed E-state index contributed by atoms with van der Waals surface area (Å²) in [6.07, 6.45) is -3.70. The second-order valence-electron chi connectivity index (χ2n) is 4.27. The van der Waals surface area contributed by atoms with Gasteiger partial charge >= 0.3 is 6.18 Å². The zero-order valence-corrected chi connectivity index (χ0v) is 11.7. The van der Waals surface area contributed by atoms with Gasteiger partial charge in [-0.15, -0.1) is 11.3 Å². The van der Waals surface area contributed by atoms with Crippen LogP contribution in [-0.2, 0) is 0 Å². The topological polar surface area (TPSA) is 20.3 Å². The Labute approximate surface area is 115 Å². The molecule has 1 fully saturated rings. The predicted molar refractivity (Wildman–Crippen MR) is 66.7 cm³/mol. The largest absolute Gasteiger partial charge is 0.393 e. The maximum Gasteiger partial charge on any atom is 0.393 e. The summed E-state index contributed by atoms with van der Waals surface area (Å²) in [4.78, 5) is 13.3. The number of rotatable bonds is 1. The van der Waals surface area contributed by atoms with E-state index in [1.165, 1.54) is 16.2 Å². The molecule has 2 heterocycles. The molecule has 1 atom stereocenters. The maximum atomic E-state index is 12.6. The first kappa shape index (κ1) is 13.9. The smallest absolute Gasteiger partial charge is 0.338 e. The normalized spacial score (nSPS) is 21.1. The van der Waals surface area contributed by atoms with Gasteiger partial charge in [0.05, 0.1) is 15.3 Å². The third-order valence-corrected chi connectivity index (χ3v) is 4.49. The molecule has 18 heavy (non-hydrogen) atoms. The quantitative estimate of drug-likeness (QED) is 0.757. The van der Waals surface area contributed by atoms with Crippen LogP contribution in [0.3, 0.4) is 0 Å². The Bertz CT molecular complexity index is 446. The fraction of sp³-hybridized carbons (Fsp3) is 0.545. The predicted octanol–water partition coefficient (Wildman–Crippen LogP) is 3.93. The van der Waals surface area contributed by atoms with Gasteiger partial charge in [-0.25, -0.2) is 0 Å². The van der Waals surface area contributed by atoms with Crippen molar-refractivity contribution in [1.82, 2.24) is 4.90 Å². The maximum absolute atomic E-state index is 12.6. The van der Waals surface area contributed by atoms with E-state index in [9.17, 15) is 18.0 Å². The van der Waals surface area contributed by atoms with Gasteiger partial charge in [0.25, 0.3) is 5.91 Å². The highest BCUT2D eigenvalue weighted by atomic mass is 79.9. The van der Waals surface area contributed by atoms with E-state index < -0.39 is 12.1 Å². The fourth-order valence-electron chi connectivity index (χ4n) is 2.03. The molecule has 0 bridgehead atoms. The lowest BCUT2D eigenvalue weighted by Gasteiger charge is -2.33. The average molecular weight is 342 g/mol. The van der Waals surface area contributed by atoms with Gasteiger partial charge in [0.15, 0.2) is 0 Å². The number of thiophene rings is 1. The Hall–Kier alpha value is -0.560. The van der Waals surface area contributed by atoms with Gasteiger partial charge in [0.1, 0.15) is 0 Å². The number of carbonyl (C=O) groups excluding carboxylic acids is 1. The minimum Gasteiger partial charge on any atom is -0.338 e. The molecule has 2 rings (SSSR count). The van der Waals surface area contributed by atoms with Crippen LogP contribution in [0.15, 0.2) is 15.2 Å². The van der Waals surface area contributed by atoms with Gasteiger partial charge in [-0.3, -0.25) is 4.79 Å². The van der Waals surface area contributed by atoms with Gasteiger partial charge in [-0.2, -0.15) is 13.2 Å². The molecule has 1 saturated heterocycles. The first-order valence-corrected chi connectivity index (χ1v) is 7.15. The van der Waals surface area contributed by atoms with Crippen LogP contribution < -0.4 is 0 Å². The van der Waals surface area contributed by atoms with Gasteiger partial charge in [0, 0.05) is 18.5 Å². The molecule has 0 aromatic carbocycles. The standard InChI is InChI=1S/C11H11BrF3NOS/c12-9-4-7(6-18-9)10(17)16-3-1-2-8(5-16)11(13,14)15/h4,6,8H,1-3,5H2. The van der Waals surface area contributed by atoms with E-state index in [2.05, 4.69) is 15.9 Å². The molecule has 1 aromatic heterocycles. The van der Waals surface area contributed by atoms with Crippen LogP contribution in [0, 0.1) is 5.92 Å².